The zero-order valence-corrected chi connectivity index (χ0v) is 25.4. The molecule has 6 atom stereocenters. The normalized spacial score (nSPS) is 28.5. The van der Waals surface area contributed by atoms with Gasteiger partial charge in [-0.1, -0.05) is 48.0 Å². The molecule has 3 aromatic carbocycles. The van der Waals surface area contributed by atoms with Gasteiger partial charge in [-0.3, -0.25) is 24.1 Å². The second-order valence-corrected chi connectivity index (χ2v) is 12.6. The molecule has 46 heavy (non-hydrogen) atoms. The average molecular weight is 620 g/mol. The summed E-state index contributed by atoms with van der Waals surface area (Å²) in [5, 5.41) is 30.0. The molecule has 2 aliphatic carbocycles. The van der Waals surface area contributed by atoms with Crippen LogP contribution in [0.15, 0.2) is 84.4 Å². The summed E-state index contributed by atoms with van der Waals surface area (Å²) in [6, 6.07) is 19.8. The summed E-state index contributed by atoms with van der Waals surface area (Å²) in [7, 11) is -1.77. The monoisotopic (exact) mass is 620 g/mol. The zero-order chi connectivity index (χ0) is 32.5. The first-order valence-corrected chi connectivity index (χ1v) is 15.5. The number of anilines is 2. The summed E-state index contributed by atoms with van der Waals surface area (Å²) in [6.07, 6.45) is 2.42. The van der Waals surface area contributed by atoms with E-state index in [1.165, 1.54) is 23.1 Å². The SMILES string of the molecule is CCOc1cc([C@H]2C3=CC[C@@H]4C(=O)N(c5cccc(B(O)O)c5)C(=O)[C@@H]4[C@@H]3C[C@H]3C(=O)N(c4ccccc4)C(=O)[C@@]23C)ccc1O. The van der Waals surface area contributed by atoms with E-state index in [2.05, 4.69) is 0 Å². The fraction of sp³-hybridized carbons (Fsp3) is 0.314. The number of carbonyl (C=O) groups is 4. The fourth-order valence-electron chi connectivity index (χ4n) is 8.28. The molecule has 7 rings (SSSR count). The summed E-state index contributed by atoms with van der Waals surface area (Å²) in [5.41, 5.74) is 1.11. The fourth-order valence-corrected chi connectivity index (χ4v) is 8.28. The van der Waals surface area contributed by atoms with Gasteiger partial charge in [-0.05, 0) is 80.0 Å². The first kappa shape index (κ1) is 29.9. The van der Waals surface area contributed by atoms with Crippen LogP contribution in [0.5, 0.6) is 11.5 Å². The molecule has 3 N–H and O–H groups in total. The lowest BCUT2D eigenvalue weighted by molar-refractivity contribution is -0.131. The molecule has 0 aromatic heterocycles. The lowest BCUT2D eigenvalue weighted by atomic mass is 9.51. The Morgan fingerprint density at radius 3 is 2.33 bits per heavy atom. The van der Waals surface area contributed by atoms with Crippen molar-refractivity contribution in [3.05, 3.63) is 90.0 Å². The summed E-state index contributed by atoms with van der Waals surface area (Å²) in [4.78, 5) is 59.2. The van der Waals surface area contributed by atoms with Crippen LogP contribution in [0.1, 0.15) is 38.2 Å². The molecule has 2 aliphatic heterocycles. The molecule has 0 spiro atoms. The Balaban J connectivity index is 1.36. The molecule has 4 aliphatic rings. The Morgan fingerprint density at radius 1 is 0.870 bits per heavy atom. The minimum atomic E-state index is -1.77. The zero-order valence-electron chi connectivity index (χ0n) is 25.4. The standard InChI is InChI=1S/C35H33BN2O8/c1-3-46-28-16-19(12-15-27(28)39)30-23-13-14-24-29(33(42)37(31(24)40)22-11-7-8-20(17-22)36(44)45)25(23)18-26-32(41)38(34(43)35(26,30)2)21-9-5-4-6-10-21/h4-13,15-17,24-26,29-30,39,44-45H,3,14,18H2,1-2H3/t24-,25+,26-,29-,30-,35+/m0/s1. The summed E-state index contributed by atoms with van der Waals surface area (Å²) >= 11 is 0. The number of rotatable bonds is 6. The minimum Gasteiger partial charge on any atom is -0.504 e. The largest absolute Gasteiger partial charge is 0.504 e. The number of allylic oxidation sites excluding steroid dienone is 2. The number of benzene rings is 3. The maximum atomic E-state index is 14.5. The molecule has 2 heterocycles. The minimum absolute atomic E-state index is 0.0560. The predicted molar refractivity (Wildman–Crippen MR) is 169 cm³/mol. The van der Waals surface area contributed by atoms with Crippen molar-refractivity contribution in [1.82, 2.24) is 0 Å². The molecular formula is C35H33BN2O8. The van der Waals surface area contributed by atoms with Crippen LogP contribution in [0.3, 0.4) is 0 Å². The van der Waals surface area contributed by atoms with E-state index in [0.29, 0.717) is 17.9 Å². The lowest BCUT2D eigenvalue weighted by Gasteiger charge is -2.49. The third-order valence-electron chi connectivity index (χ3n) is 10.3. The van der Waals surface area contributed by atoms with Gasteiger partial charge in [-0.25, -0.2) is 4.90 Å². The van der Waals surface area contributed by atoms with Crippen molar-refractivity contribution in [3.8, 4) is 11.5 Å². The van der Waals surface area contributed by atoms with E-state index in [-0.39, 0.29) is 53.2 Å². The van der Waals surface area contributed by atoms with Crippen LogP contribution >= 0.6 is 0 Å². The average Bonchev–Trinajstić information content (AvgIpc) is 3.42. The summed E-state index contributed by atoms with van der Waals surface area (Å²) < 4.78 is 5.70. The van der Waals surface area contributed by atoms with Crippen molar-refractivity contribution in [2.75, 3.05) is 16.4 Å². The van der Waals surface area contributed by atoms with E-state index in [4.69, 9.17) is 4.74 Å². The highest BCUT2D eigenvalue weighted by atomic mass is 16.5. The second-order valence-electron chi connectivity index (χ2n) is 12.6. The van der Waals surface area contributed by atoms with Gasteiger partial charge in [0.05, 0.1) is 41.2 Å². The molecule has 0 radical (unpaired) electrons. The number of para-hydroxylation sites is 1. The first-order valence-electron chi connectivity index (χ1n) is 15.5. The van der Waals surface area contributed by atoms with Crippen molar-refractivity contribution in [2.24, 2.45) is 29.1 Å². The van der Waals surface area contributed by atoms with Gasteiger partial charge in [0.2, 0.25) is 23.6 Å². The van der Waals surface area contributed by atoms with Gasteiger partial charge in [-0.2, -0.15) is 0 Å². The summed E-state index contributed by atoms with van der Waals surface area (Å²) in [5.74, 6) is -4.73. The van der Waals surface area contributed by atoms with E-state index in [1.54, 1.807) is 55.5 Å². The van der Waals surface area contributed by atoms with Gasteiger partial charge in [0.15, 0.2) is 11.5 Å². The van der Waals surface area contributed by atoms with Crippen LogP contribution in [-0.2, 0) is 19.2 Å². The number of hydrogen-bond acceptors (Lipinski definition) is 8. The maximum Gasteiger partial charge on any atom is 0.488 e. The molecule has 0 bridgehead atoms. The molecule has 4 amide bonds. The molecule has 234 valence electrons. The third kappa shape index (κ3) is 4.25. The lowest BCUT2D eigenvalue weighted by Crippen LogP contribution is -2.48. The number of ether oxygens (including phenoxy) is 1. The van der Waals surface area contributed by atoms with Crippen LogP contribution in [0.4, 0.5) is 11.4 Å². The van der Waals surface area contributed by atoms with Gasteiger partial charge in [-0.15, -0.1) is 0 Å². The van der Waals surface area contributed by atoms with E-state index in [9.17, 15) is 34.3 Å². The number of carbonyl (C=O) groups excluding carboxylic acids is 4. The molecule has 10 nitrogen and oxygen atoms in total. The van der Waals surface area contributed by atoms with E-state index in [1.807, 2.05) is 19.1 Å². The Hall–Kier alpha value is -4.74. The van der Waals surface area contributed by atoms with Crippen molar-refractivity contribution in [3.63, 3.8) is 0 Å². The molecule has 11 heteroatoms. The molecule has 3 fully saturated rings. The Morgan fingerprint density at radius 2 is 1.61 bits per heavy atom. The number of aromatic hydroxyl groups is 1. The summed E-state index contributed by atoms with van der Waals surface area (Å²) in [6.45, 7) is 3.91. The van der Waals surface area contributed by atoms with E-state index >= 15 is 0 Å². The maximum absolute atomic E-state index is 14.5. The van der Waals surface area contributed by atoms with Gasteiger partial charge in [0.1, 0.15) is 0 Å². The third-order valence-corrected chi connectivity index (χ3v) is 10.3. The number of phenols is 1. The van der Waals surface area contributed by atoms with Crippen molar-refractivity contribution < 1.29 is 39.1 Å². The van der Waals surface area contributed by atoms with Crippen LogP contribution in [0, 0.1) is 29.1 Å². The van der Waals surface area contributed by atoms with E-state index < -0.39 is 48.0 Å². The molecule has 0 unspecified atom stereocenters. The highest BCUT2D eigenvalue weighted by Crippen LogP contribution is 2.64. The van der Waals surface area contributed by atoms with E-state index in [0.717, 1.165) is 10.5 Å². The topological polar surface area (TPSA) is 145 Å². The van der Waals surface area contributed by atoms with Crippen LogP contribution in [0.25, 0.3) is 0 Å². The highest BCUT2D eigenvalue weighted by molar-refractivity contribution is 6.58. The van der Waals surface area contributed by atoms with Crippen molar-refractivity contribution >= 4 is 47.6 Å². The Labute approximate surface area is 266 Å². The second kappa shape index (κ2) is 11.0. The van der Waals surface area contributed by atoms with Gasteiger partial charge >= 0.3 is 7.12 Å². The molecular weight excluding hydrogens is 587 g/mol. The van der Waals surface area contributed by atoms with Crippen LogP contribution in [0.2, 0.25) is 0 Å². The molecule has 1 saturated carbocycles. The highest BCUT2D eigenvalue weighted by Gasteiger charge is 2.67. The smallest absolute Gasteiger partial charge is 0.488 e. The van der Waals surface area contributed by atoms with Crippen LogP contribution in [-0.4, -0.2) is 52.5 Å². The number of nitrogens with zero attached hydrogens (tertiary/aromatic N) is 2. The number of fused-ring (bicyclic) bond motifs is 4. The number of imide groups is 2. The number of phenolic OH excluding ortho intramolecular Hbond substituents is 1. The number of hydrogen-bond donors (Lipinski definition) is 3. The predicted octanol–water partition coefficient (Wildman–Crippen LogP) is 2.91. The quantitative estimate of drug-likeness (QED) is 0.217. The Bertz CT molecular complexity index is 1810. The van der Waals surface area contributed by atoms with Gasteiger partial charge in [0.25, 0.3) is 0 Å². The van der Waals surface area contributed by atoms with Crippen molar-refractivity contribution in [1.29, 1.82) is 0 Å². The first-order chi connectivity index (χ1) is 22.1. The van der Waals surface area contributed by atoms with Crippen LogP contribution < -0.4 is 20.0 Å². The molecule has 3 aromatic rings. The van der Waals surface area contributed by atoms with Gasteiger partial charge in [0, 0.05) is 5.92 Å². The molecule has 2 saturated heterocycles. The van der Waals surface area contributed by atoms with Gasteiger partial charge < -0.3 is 19.9 Å². The number of amides is 4. The Kier molecular flexibility index (Phi) is 7.13. The van der Waals surface area contributed by atoms with Crippen molar-refractivity contribution in [2.45, 2.75) is 32.6 Å².